The number of methoxy groups -OCH3 is 1. The van der Waals surface area contributed by atoms with Gasteiger partial charge in [-0.05, 0) is 19.9 Å². The van der Waals surface area contributed by atoms with Crippen molar-refractivity contribution in [3.63, 3.8) is 0 Å². The van der Waals surface area contributed by atoms with E-state index in [1.807, 2.05) is 11.9 Å². The predicted octanol–water partition coefficient (Wildman–Crippen LogP) is 1.45. The topological polar surface area (TPSA) is 49.8 Å². The number of likely N-dealkylation sites (N-methyl/N-ethyl adjacent to an activating group) is 1. The Kier molecular flexibility index (Phi) is 5.83. The number of rotatable bonds is 7. The second-order valence-corrected chi connectivity index (χ2v) is 4.41. The molecule has 0 saturated heterocycles. The first-order valence-electron chi connectivity index (χ1n) is 5.32. The Hall–Kier alpha value is -0.610. The van der Waals surface area contributed by atoms with Crippen molar-refractivity contribution in [1.82, 2.24) is 4.90 Å². The van der Waals surface area contributed by atoms with E-state index >= 15 is 0 Å². The zero-order valence-electron chi connectivity index (χ0n) is 10.4. The van der Waals surface area contributed by atoms with Gasteiger partial charge < -0.3 is 9.84 Å². The Morgan fingerprint density at radius 3 is 2.47 bits per heavy atom. The van der Waals surface area contributed by atoms with E-state index in [2.05, 4.69) is 13.8 Å². The minimum absolute atomic E-state index is 0.204. The van der Waals surface area contributed by atoms with Gasteiger partial charge >= 0.3 is 5.97 Å². The van der Waals surface area contributed by atoms with Crippen molar-refractivity contribution >= 4 is 5.97 Å². The third kappa shape index (κ3) is 3.80. The van der Waals surface area contributed by atoms with Crippen LogP contribution in [0.2, 0.25) is 0 Å². The van der Waals surface area contributed by atoms with Gasteiger partial charge in [0.25, 0.3) is 0 Å². The van der Waals surface area contributed by atoms with Gasteiger partial charge in [-0.2, -0.15) is 0 Å². The number of nitrogens with zero attached hydrogens (tertiary/aromatic N) is 1. The third-order valence-corrected chi connectivity index (χ3v) is 3.01. The Morgan fingerprint density at radius 1 is 1.60 bits per heavy atom. The van der Waals surface area contributed by atoms with Crippen LogP contribution in [0.1, 0.15) is 27.2 Å². The molecule has 0 rings (SSSR count). The van der Waals surface area contributed by atoms with Crippen LogP contribution in [-0.2, 0) is 9.53 Å². The van der Waals surface area contributed by atoms with Crippen LogP contribution in [0.3, 0.4) is 0 Å². The molecule has 0 aromatic heterocycles. The maximum Gasteiger partial charge on any atom is 0.326 e. The predicted molar refractivity (Wildman–Crippen MR) is 60.0 cm³/mol. The number of hydrogen-bond donors (Lipinski definition) is 1. The van der Waals surface area contributed by atoms with Gasteiger partial charge in [-0.3, -0.25) is 9.69 Å². The first-order chi connectivity index (χ1) is 6.88. The number of carbonyl (C=O) groups is 1. The van der Waals surface area contributed by atoms with Gasteiger partial charge in [0, 0.05) is 13.7 Å². The number of carboxylic acid groups (broad SMARTS) is 1. The molecule has 4 nitrogen and oxygen atoms in total. The van der Waals surface area contributed by atoms with Gasteiger partial charge in [-0.15, -0.1) is 0 Å². The van der Waals surface area contributed by atoms with Crippen LogP contribution in [0.15, 0.2) is 0 Å². The number of aliphatic carboxylic acids is 1. The number of ether oxygens (including phenoxy) is 1. The summed E-state index contributed by atoms with van der Waals surface area (Å²) in [5.74, 6) is -0.347. The SMILES string of the molecule is CCC(C)CN(C)C(C)(COC)C(=O)O. The van der Waals surface area contributed by atoms with Gasteiger partial charge in [-0.1, -0.05) is 20.3 Å². The summed E-state index contributed by atoms with van der Waals surface area (Å²) in [6.07, 6.45) is 1.05. The maximum absolute atomic E-state index is 11.2. The lowest BCUT2D eigenvalue weighted by Crippen LogP contribution is -2.54. The largest absolute Gasteiger partial charge is 0.480 e. The average molecular weight is 217 g/mol. The molecule has 0 aliphatic carbocycles. The quantitative estimate of drug-likeness (QED) is 0.701. The van der Waals surface area contributed by atoms with E-state index in [-0.39, 0.29) is 6.61 Å². The summed E-state index contributed by atoms with van der Waals surface area (Å²) < 4.78 is 4.98. The molecule has 15 heavy (non-hydrogen) atoms. The Balaban J connectivity index is 4.55. The summed E-state index contributed by atoms with van der Waals surface area (Å²) >= 11 is 0. The molecule has 0 saturated carbocycles. The Bertz CT molecular complexity index is 208. The molecular formula is C11H23NO3. The van der Waals surface area contributed by atoms with Crippen LogP contribution in [-0.4, -0.2) is 48.8 Å². The lowest BCUT2D eigenvalue weighted by Gasteiger charge is -2.35. The first kappa shape index (κ1) is 14.4. The van der Waals surface area contributed by atoms with Crippen molar-refractivity contribution in [2.45, 2.75) is 32.7 Å². The molecule has 0 amide bonds. The van der Waals surface area contributed by atoms with Crippen molar-refractivity contribution in [2.75, 3.05) is 27.3 Å². The van der Waals surface area contributed by atoms with E-state index in [1.165, 1.54) is 7.11 Å². The molecule has 0 aromatic carbocycles. The standard InChI is InChI=1S/C11H23NO3/c1-6-9(2)7-12(4)11(3,8-15-5)10(13)14/h9H,6-8H2,1-5H3,(H,13,14). The van der Waals surface area contributed by atoms with Crippen molar-refractivity contribution in [3.05, 3.63) is 0 Å². The fourth-order valence-corrected chi connectivity index (χ4v) is 1.41. The second kappa shape index (κ2) is 6.08. The molecule has 0 spiro atoms. The molecule has 0 radical (unpaired) electrons. The zero-order valence-corrected chi connectivity index (χ0v) is 10.4. The molecule has 0 aliphatic rings. The van der Waals surface area contributed by atoms with Crippen molar-refractivity contribution in [1.29, 1.82) is 0 Å². The fourth-order valence-electron chi connectivity index (χ4n) is 1.41. The summed E-state index contributed by atoms with van der Waals surface area (Å²) in [5, 5.41) is 9.20. The smallest absolute Gasteiger partial charge is 0.326 e. The molecule has 0 aromatic rings. The molecule has 0 heterocycles. The van der Waals surface area contributed by atoms with Crippen LogP contribution in [0, 0.1) is 5.92 Å². The van der Waals surface area contributed by atoms with E-state index in [0.717, 1.165) is 13.0 Å². The summed E-state index contributed by atoms with van der Waals surface area (Å²) in [4.78, 5) is 13.1. The zero-order chi connectivity index (χ0) is 12.1. The maximum atomic E-state index is 11.2. The highest BCUT2D eigenvalue weighted by Gasteiger charge is 2.37. The molecule has 0 fully saturated rings. The lowest BCUT2D eigenvalue weighted by molar-refractivity contribution is -0.153. The molecule has 0 bridgehead atoms. The van der Waals surface area contributed by atoms with Gasteiger partial charge in [0.15, 0.2) is 0 Å². The van der Waals surface area contributed by atoms with Gasteiger partial charge in [0.05, 0.1) is 6.61 Å². The minimum atomic E-state index is -0.932. The highest BCUT2D eigenvalue weighted by Crippen LogP contribution is 2.17. The molecule has 1 N–H and O–H groups in total. The highest BCUT2D eigenvalue weighted by atomic mass is 16.5. The molecule has 0 aliphatic heterocycles. The van der Waals surface area contributed by atoms with E-state index < -0.39 is 11.5 Å². The van der Waals surface area contributed by atoms with E-state index in [1.54, 1.807) is 6.92 Å². The van der Waals surface area contributed by atoms with Gasteiger partial charge in [0.2, 0.25) is 0 Å². The molecule has 4 heteroatoms. The lowest BCUT2D eigenvalue weighted by atomic mass is 9.99. The van der Waals surface area contributed by atoms with Crippen LogP contribution < -0.4 is 0 Å². The van der Waals surface area contributed by atoms with E-state index in [0.29, 0.717) is 5.92 Å². The normalized spacial score (nSPS) is 17.5. The second-order valence-electron chi connectivity index (χ2n) is 4.41. The van der Waals surface area contributed by atoms with Crippen molar-refractivity contribution in [3.8, 4) is 0 Å². The molecular weight excluding hydrogens is 194 g/mol. The summed E-state index contributed by atoms with van der Waals surface area (Å²) in [5.41, 5.74) is -0.932. The fraction of sp³-hybridized carbons (Fsp3) is 0.909. The van der Waals surface area contributed by atoms with E-state index in [9.17, 15) is 9.90 Å². The summed E-state index contributed by atoms with van der Waals surface area (Å²) in [6, 6.07) is 0. The Labute approximate surface area is 92.2 Å². The van der Waals surface area contributed by atoms with Crippen LogP contribution in [0.5, 0.6) is 0 Å². The van der Waals surface area contributed by atoms with Crippen LogP contribution >= 0.6 is 0 Å². The van der Waals surface area contributed by atoms with Gasteiger partial charge in [-0.25, -0.2) is 0 Å². The highest BCUT2D eigenvalue weighted by molar-refractivity contribution is 5.78. The summed E-state index contributed by atoms with van der Waals surface area (Å²) in [6.45, 7) is 6.89. The van der Waals surface area contributed by atoms with Crippen molar-refractivity contribution < 1.29 is 14.6 Å². The molecule has 90 valence electrons. The number of carboxylic acids is 1. The Morgan fingerprint density at radius 2 is 2.13 bits per heavy atom. The van der Waals surface area contributed by atoms with E-state index in [4.69, 9.17) is 4.74 Å². The molecule has 2 atom stereocenters. The third-order valence-electron chi connectivity index (χ3n) is 3.01. The van der Waals surface area contributed by atoms with Gasteiger partial charge in [0.1, 0.15) is 5.54 Å². The first-order valence-corrected chi connectivity index (χ1v) is 5.32. The summed E-state index contributed by atoms with van der Waals surface area (Å²) in [7, 11) is 3.36. The number of hydrogen-bond acceptors (Lipinski definition) is 3. The van der Waals surface area contributed by atoms with Crippen LogP contribution in [0.4, 0.5) is 0 Å². The molecule has 2 unspecified atom stereocenters. The van der Waals surface area contributed by atoms with Crippen LogP contribution in [0.25, 0.3) is 0 Å². The van der Waals surface area contributed by atoms with Crippen molar-refractivity contribution in [2.24, 2.45) is 5.92 Å². The average Bonchev–Trinajstić information content (AvgIpc) is 2.17. The minimum Gasteiger partial charge on any atom is -0.480 e. The monoisotopic (exact) mass is 217 g/mol.